The number of anilines is 1. The third kappa shape index (κ3) is 5.19. The number of carbonyl (C=O) groups excluding carboxylic acids is 1. The first kappa shape index (κ1) is 23.1. The van der Waals surface area contributed by atoms with Crippen LogP contribution in [0.15, 0.2) is 47.5 Å². The van der Waals surface area contributed by atoms with Crippen LogP contribution in [0.2, 0.25) is 0 Å². The summed E-state index contributed by atoms with van der Waals surface area (Å²) in [6.07, 6.45) is 7.44. The highest BCUT2D eigenvalue weighted by molar-refractivity contribution is 8.00. The van der Waals surface area contributed by atoms with E-state index in [2.05, 4.69) is 32.7 Å². The maximum absolute atomic E-state index is 11.6. The first-order valence-electron chi connectivity index (χ1n) is 11.9. The topological polar surface area (TPSA) is 102 Å². The first-order chi connectivity index (χ1) is 16.6. The maximum Gasteiger partial charge on any atom is 0.235 e. The molecule has 1 aliphatic carbocycles. The summed E-state index contributed by atoms with van der Waals surface area (Å²) in [7, 11) is 1.68. The molecule has 34 heavy (non-hydrogen) atoms. The van der Waals surface area contributed by atoms with Gasteiger partial charge in [0.15, 0.2) is 0 Å². The van der Waals surface area contributed by atoms with Gasteiger partial charge in [-0.3, -0.25) is 9.78 Å². The van der Waals surface area contributed by atoms with Crippen LogP contribution in [0, 0.1) is 5.92 Å². The van der Waals surface area contributed by atoms with Crippen LogP contribution in [0.1, 0.15) is 49.4 Å². The van der Waals surface area contributed by atoms with Crippen molar-refractivity contribution in [3.63, 3.8) is 0 Å². The average molecular weight is 478 g/mol. The zero-order valence-electron chi connectivity index (χ0n) is 19.4. The molecule has 1 saturated carbocycles. The Morgan fingerprint density at radius 3 is 2.88 bits per heavy atom. The van der Waals surface area contributed by atoms with Crippen molar-refractivity contribution in [2.24, 2.45) is 11.7 Å². The Bertz CT molecular complexity index is 1180. The quantitative estimate of drug-likeness (QED) is 0.463. The number of rotatable bonds is 7. The van der Waals surface area contributed by atoms with Crippen LogP contribution >= 0.6 is 11.8 Å². The van der Waals surface area contributed by atoms with Crippen molar-refractivity contribution < 1.29 is 9.53 Å². The molecule has 1 amide bonds. The lowest BCUT2D eigenvalue weighted by Crippen LogP contribution is -2.33. The molecule has 1 unspecified atom stereocenters. The lowest BCUT2D eigenvalue weighted by atomic mass is 9.81. The molecule has 4 N–H and O–H groups in total. The molecule has 1 aromatic carbocycles. The van der Waals surface area contributed by atoms with E-state index in [1.165, 1.54) is 12.8 Å². The number of amides is 1. The molecule has 8 heteroatoms. The van der Waals surface area contributed by atoms with E-state index in [0.717, 1.165) is 52.1 Å². The monoisotopic (exact) mass is 477 g/mol. The number of methoxy groups -OCH3 is 1. The predicted molar refractivity (Wildman–Crippen MR) is 136 cm³/mol. The Morgan fingerprint density at radius 2 is 2.06 bits per heavy atom. The predicted octanol–water partition coefficient (Wildman–Crippen LogP) is 4.42. The molecule has 1 atom stereocenters. The molecular weight excluding hydrogens is 446 g/mol. The molecule has 5 rings (SSSR count). The molecule has 2 aliphatic rings. The number of hydrogen-bond acceptors (Lipinski definition) is 7. The Hall–Kier alpha value is -2.68. The molecular formula is C26H31N5O2S. The molecule has 3 aromatic rings. The third-order valence-electron chi connectivity index (χ3n) is 6.92. The minimum atomic E-state index is -0.0140. The Labute approximate surface area is 204 Å². The minimum Gasteiger partial charge on any atom is -0.497 e. The van der Waals surface area contributed by atoms with Crippen LogP contribution in [0.25, 0.3) is 10.9 Å². The van der Waals surface area contributed by atoms with Crippen LogP contribution < -0.4 is 21.1 Å². The van der Waals surface area contributed by atoms with E-state index in [1.807, 2.05) is 30.5 Å². The van der Waals surface area contributed by atoms with Gasteiger partial charge in [-0.15, -0.1) is 11.8 Å². The van der Waals surface area contributed by atoms with Crippen LogP contribution in [0.4, 0.5) is 5.82 Å². The summed E-state index contributed by atoms with van der Waals surface area (Å²) in [5.74, 6) is 2.63. The van der Waals surface area contributed by atoms with E-state index in [0.29, 0.717) is 30.1 Å². The van der Waals surface area contributed by atoms with Gasteiger partial charge in [-0.05, 0) is 80.0 Å². The second kappa shape index (κ2) is 10.3. The summed E-state index contributed by atoms with van der Waals surface area (Å²) in [4.78, 5) is 21.8. The highest BCUT2D eigenvalue weighted by atomic mass is 32.2. The SMILES string of the molecule is COc1ccc2nccc(C(N)CC3CCC(NCc4ccc5c(n4)NC(=O)CS5)CC3)c2c1. The largest absolute Gasteiger partial charge is 0.497 e. The standard InChI is InChI=1S/C26H31N5O2S/c1-33-19-7-8-23-21(13-19)20(10-11-28-23)22(27)12-16-2-4-17(5-3-16)29-14-18-6-9-24-26(30-18)31-25(32)15-34-24/h6-11,13,16-17,22,29H,2-5,12,14-15,27H2,1H3,(H,30,31,32). The molecule has 1 aliphatic heterocycles. The van der Waals surface area contributed by atoms with E-state index in [1.54, 1.807) is 18.9 Å². The van der Waals surface area contributed by atoms with Gasteiger partial charge in [0, 0.05) is 30.2 Å². The molecule has 178 valence electrons. The summed E-state index contributed by atoms with van der Waals surface area (Å²) < 4.78 is 5.41. The van der Waals surface area contributed by atoms with Crippen molar-refractivity contribution in [1.82, 2.24) is 15.3 Å². The van der Waals surface area contributed by atoms with Gasteiger partial charge < -0.3 is 21.1 Å². The van der Waals surface area contributed by atoms with E-state index in [4.69, 9.17) is 10.5 Å². The van der Waals surface area contributed by atoms with Gasteiger partial charge in [0.2, 0.25) is 5.91 Å². The number of ether oxygens (including phenoxy) is 1. The lowest BCUT2D eigenvalue weighted by molar-refractivity contribution is -0.113. The van der Waals surface area contributed by atoms with E-state index in [9.17, 15) is 4.79 Å². The van der Waals surface area contributed by atoms with E-state index < -0.39 is 0 Å². The van der Waals surface area contributed by atoms with Crippen molar-refractivity contribution in [3.8, 4) is 5.75 Å². The number of nitrogens with zero attached hydrogens (tertiary/aromatic N) is 2. The fourth-order valence-electron chi connectivity index (χ4n) is 5.04. The fraction of sp³-hybridized carbons (Fsp3) is 0.423. The van der Waals surface area contributed by atoms with Crippen molar-refractivity contribution >= 4 is 34.4 Å². The van der Waals surface area contributed by atoms with Gasteiger partial charge >= 0.3 is 0 Å². The molecule has 0 saturated heterocycles. The lowest BCUT2D eigenvalue weighted by Gasteiger charge is -2.31. The molecule has 0 spiro atoms. The van der Waals surface area contributed by atoms with Gasteiger partial charge in [0.25, 0.3) is 0 Å². The van der Waals surface area contributed by atoms with Crippen LogP contribution in [-0.4, -0.2) is 34.8 Å². The van der Waals surface area contributed by atoms with Crippen LogP contribution in [0.5, 0.6) is 5.75 Å². The Kier molecular flexibility index (Phi) is 6.99. The second-order valence-corrected chi connectivity index (χ2v) is 10.2. The zero-order chi connectivity index (χ0) is 23.5. The molecule has 2 aromatic heterocycles. The number of nitrogens with one attached hydrogen (secondary N) is 2. The highest BCUT2D eigenvalue weighted by Gasteiger charge is 2.24. The van der Waals surface area contributed by atoms with Gasteiger partial charge in [-0.1, -0.05) is 0 Å². The number of thioether (sulfide) groups is 1. The van der Waals surface area contributed by atoms with Crippen LogP contribution in [0.3, 0.4) is 0 Å². The number of carbonyl (C=O) groups is 1. The summed E-state index contributed by atoms with van der Waals surface area (Å²) in [6.45, 7) is 0.716. The summed E-state index contributed by atoms with van der Waals surface area (Å²) in [5, 5.41) is 7.61. The van der Waals surface area contributed by atoms with Crippen molar-refractivity contribution in [2.45, 2.75) is 55.6 Å². The van der Waals surface area contributed by atoms with E-state index >= 15 is 0 Å². The minimum absolute atomic E-state index is 0.0140. The van der Waals surface area contributed by atoms with Crippen molar-refractivity contribution in [1.29, 1.82) is 0 Å². The first-order valence-corrected chi connectivity index (χ1v) is 12.9. The number of nitrogens with two attached hydrogens (primary N) is 1. The molecule has 7 nitrogen and oxygen atoms in total. The highest BCUT2D eigenvalue weighted by Crippen LogP contribution is 2.34. The van der Waals surface area contributed by atoms with Gasteiger partial charge in [-0.2, -0.15) is 0 Å². The maximum atomic E-state index is 11.6. The van der Waals surface area contributed by atoms with Gasteiger partial charge in [0.1, 0.15) is 11.6 Å². The Balaban J connectivity index is 1.14. The smallest absolute Gasteiger partial charge is 0.235 e. The third-order valence-corrected chi connectivity index (χ3v) is 7.97. The number of hydrogen-bond donors (Lipinski definition) is 3. The molecule has 0 bridgehead atoms. The van der Waals surface area contributed by atoms with Crippen molar-refractivity contribution in [2.75, 3.05) is 18.2 Å². The van der Waals surface area contributed by atoms with Crippen LogP contribution in [-0.2, 0) is 11.3 Å². The number of fused-ring (bicyclic) bond motifs is 2. The number of pyridine rings is 2. The second-order valence-electron chi connectivity index (χ2n) is 9.21. The Morgan fingerprint density at radius 1 is 1.21 bits per heavy atom. The summed E-state index contributed by atoms with van der Waals surface area (Å²) >= 11 is 1.54. The average Bonchev–Trinajstić information content (AvgIpc) is 2.87. The summed E-state index contributed by atoms with van der Waals surface area (Å²) in [5.41, 5.74) is 9.76. The van der Waals surface area contributed by atoms with Gasteiger partial charge in [-0.25, -0.2) is 4.98 Å². The fourth-order valence-corrected chi connectivity index (χ4v) is 5.79. The molecule has 3 heterocycles. The normalized spacial score (nSPS) is 21.1. The number of aromatic nitrogens is 2. The van der Waals surface area contributed by atoms with Gasteiger partial charge in [0.05, 0.1) is 29.0 Å². The molecule has 0 radical (unpaired) electrons. The number of benzene rings is 1. The van der Waals surface area contributed by atoms with E-state index in [-0.39, 0.29) is 11.9 Å². The zero-order valence-corrected chi connectivity index (χ0v) is 20.2. The van der Waals surface area contributed by atoms with Crippen molar-refractivity contribution in [3.05, 3.63) is 53.9 Å². The summed E-state index contributed by atoms with van der Waals surface area (Å²) in [6, 6.07) is 12.6. The molecule has 1 fully saturated rings.